The Morgan fingerprint density at radius 2 is 2.03 bits per heavy atom. The smallest absolute Gasteiger partial charge is 0.356 e. The number of H-pyrrole nitrogens is 1. The number of halogens is 1. The average molecular weight is 620 g/mol. The Bertz CT molecular complexity index is 1590. The van der Waals surface area contributed by atoms with Crippen LogP contribution in [0.4, 0.5) is 5.95 Å². The highest BCUT2D eigenvalue weighted by Gasteiger charge is 2.27. The number of carbonyl (C=O) groups is 1. The first-order chi connectivity index (χ1) is 18.7. The molecule has 4 aromatic rings. The number of ether oxygens (including phenoxy) is 2. The number of Topliss-reactive ketones (excluding diaryl/α,β-unsaturated/α-hetero) is 1. The number of nitrogens with one attached hydrogen (secondary N) is 1. The maximum Gasteiger partial charge on any atom is 0.356 e. The SMILES string of the molecule is COc1cc(C(=O)COP(=O)(COCCn2cnc3c(=O)[nH]c(N)nc32)OCc2cccc(Br)c2)ccc1C. The highest BCUT2D eigenvalue weighted by atomic mass is 79.9. The van der Waals surface area contributed by atoms with Crippen LogP contribution >= 0.6 is 23.5 Å². The lowest BCUT2D eigenvalue weighted by Gasteiger charge is -2.19. The number of carbonyl (C=O) groups excluding carboxylic acids is 1. The van der Waals surface area contributed by atoms with Gasteiger partial charge in [-0.1, -0.05) is 40.2 Å². The third-order valence-corrected chi connectivity index (χ3v) is 7.70. The molecule has 12 nitrogen and oxygen atoms in total. The number of ketones is 1. The summed E-state index contributed by atoms with van der Waals surface area (Å²) >= 11 is 3.39. The molecule has 206 valence electrons. The number of nitrogens with two attached hydrogens (primary N) is 1. The molecule has 39 heavy (non-hydrogen) atoms. The number of anilines is 1. The lowest BCUT2D eigenvalue weighted by atomic mass is 10.1. The van der Waals surface area contributed by atoms with E-state index in [0.29, 0.717) is 17.0 Å². The molecule has 3 N–H and O–H groups in total. The first-order valence-corrected chi connectivity index (χ1v) is 14.3. The van der Waals surface area contributed by atoms with Gasteiger partial charge in [0, 0.05) is 16.6 Å². The molecular weight excluding hydrogens is 593 g/mol. The first kappa shape index (κ1) is 28.7. The predicted octanol–water partition coefficient (Wildman–Crippen LogP) is 4.06. The van der Waals surface area contributed by atoms with E-state index in [4.69, 9.17) is 24.3 Å². The number of imidazole rings is 1. The summed E-state index contributed by atoms with van der Waals surface area (Å²) in [5, 5.41) is 0. The molecule has 0 spiro atoms. The second kappa shape index (κ2) is 12.7. The van der Waals surface area contributed by atoms with Crippen LogP contribution in [-0.4, -0.2) is 52.0 Å². The Balaban J connectivity index is 1.42. The van der Waals surface area contributed by atoms with Crippen molar-refractivity contribution in [1.82, 2.24) is 19.5 Å². The molecule has 1 atom stereocenters. The maximum atomic E-state index is 13.6. The summed E-state index contributed by atoms with van der Waals surface area (Å²) in [5.74, 6) is 0.131. The third kappa shape index (κ3) is 7.40. The Hall–Kier alpha value is -3.35. The zero-order valence-corrected chi connectivity index (χ0v) is 23.7. The second-order valence-electron chi connectivity index (χ2n) is 8.49. The van der Waals surface area contributed by atoms with Gasteiger partial charge in [0.25, 0.3) is 5.56 Å². The molecule has 0 amide bonds. The maximum absolute atomic E-state index is 13.6. The highest BCUT2D eigenvalue weighted by molar-refractivity contribution is 9.10. The van der Waals surface area contributed by atoms with Crippen molar-refractivity contribution in [2.75, 3.05) is 32.4 Å². The number of methoxy groups -OCH3 is 1. The summed E-state index contributed by atoms with van der Waals surface area (Å²) in [6.45, 7) is 1.66. The van der Waals surface area contributed by atoms with Crippen LogP contribution in [0.25, 0.3) is 11.2 Å². The molecule has 0 saturated carbocycles. The molecule has 0 saturated heterocycles. The van der Waals surface area contributed by atoms with Gasteiger partial charge in [-0.2, -0.15) is 4.98 Å². The number of hydrogen-bond donors (Lipinski definition) is 2. The van der Waals surface area contributed by atoms with E-state index >= 15 is 0 Å². The molecular formula is C25H27BrN5O7P. The van der Waals surface area contributed by atoms with Gasteiger partial charge >= 0.3 is 7.60 Å². The van der Waals surface area contributed by atoms with Crippen LogP contribution in [0.5, 0.6) is 5.75 Å². The number of aromatic amines is 1. The van der Waals surface area contributed by atoms with Crippen LogP contribution in [0, 0.1) is 6.92 Å². The van der Waals surface area contributed by atoms with Crippen LogP contribution in [0.2, 0.25) is 0 Å². The zero-order valence-electron chi connectivity index (χ0n) is 21.3. The van der Waals surface area contributed by atoms with Gasteiger partial charge in [-0.25, -0.2) is 4.98 Å². The summed E-state index contributed by atoms with van der Waals surface area (Å²) < 4.78 is 38.2. The number of aromatic nitrogens is 4. The van der Waals surface area contributed by atoms with E-state index in [1.807, 2.05) is 31.2 Å². The number of fused-ring (bicyclic) bond motifs is 1. The van der Waals surface area contributed by atoms with Gasteiger partial charge in [0.1, 0.15) is 18.7 Å². The number of aryl methyl sites for hydroxylation is 1. The van der Waals surface area contributed by atoms with E-state index in [9.17, 15) is 14.2 Å². The van der Waals surface area contributed by atoms with Gasteiger partial charge < -0.3 is 24.3 Å². The summed E-state index contributed by atoms with van der Waals surface area (Å²) in [6, 6.07) is 12.3. The average Bonchev–Trinajstić information content (AvgIpc) is 3.32. The molecule has 0 fully saturated rings. The minimum absolute atomic E-state index is 0.0231. The van der Waals surface area contributed by atoms with Crippen LogP contribution in [0.15, 0.2) is 58.1 Å². The van der Waals surface area contributed by atoms with Crippen LogP contribution in [0.3, 0.4) is 0 Å². The van der Waals surface area contributed by atoms with Gasteiger partial charge in [0.05, 0.1) is 26.7 Å². The fourth-order valence-electron chi connectivity index (χ4n) is 3.62. The predicted molar refractivity (Wildman–Crippen MR) is 148 cm³/mol. The van der Waals surface area contributed by atoms with Crippen molar-refractivity contribution in [1.29, 1.82) is 0 Å². The van der Waals surface area contributed by atoms with E-state index in [2.05, 4.69) is 30.9 Å². The lowest BCUT2D eigenvalue weighted by Crippen LogP contribution is -2.14. The normalized spacial score (nSPS) is 12.9. The van der Waals surface area contributed by atoms with Gasteiger partial charge in [0.15, 0.2) is 16.9 Å². The second-order valence-corrected chi connectivity index (χ2v) is 11.4. The summed E-state index contributed by atoms with van der Waals surface area (Å²) in [5.41, 5.74) is 7.59. The van der Waals surface area contributed by atoms with Crippen molar-refractivity contribution in [3.8, 4) is 5.75 Å². The largest absolute Gasteiger partial charge is 0.496 e. The van der Waals surface area contributed by atoms with Crippen LogP contribution in [-0.2, 0) is 31.5 Å². The number of rotatable bonds is 13. The standard InChI is InChI=1S/C25H27BrN5O7P/c1-16-6-7-18(11-21(16)35-2)20(32)13-38-39(34,37-12-17-4-3-5-19(26)10-17)15-36-9-8-31-14-28-22-23(31)29-25(27)30-24(22)33/h3-7,10-11,14H,8-9,12-13,15H2,1-2H3,(H3,27,29,30,33). The van der Waals surface area contributed by atoms with E-state index in [-0.39, 0.29) is 31.2 Å². The molecule has 0 aliphatic heterocycles. The van der Waals surface area contributed by atoms with Gasteiger partial charge in [-0.3, -0.25) is 23.7 Å². The van der Waals surface area contributed by atoms with E-state index < -0.39 is 31.9 Å². The molecule has 2 heterocycles. The van der Waals surface area contributed by atoms with Crippen LogP contribution in [0.1, 0.15) is 21.5 Å². The molecule has 1 unspecified atom stereocenters. The zero-order chi connectivity index (χ0) is 28.0. The quantitative estimate of drug-likeness (QED) is 0.127. The van der Waals surface area contributed by atoms with E-state index in [0.717, 1.165) is 15.6 Å². The minimum atomic E-state index is -3.88. The van der Waals surface area contributed by atoms with E-state index in [1.165, 1.54) is 13.4 Å². The van der Waals surface area contributed by atoms with E-state index in [1.54, 1.807) is 22.8 Å². The van der Waals surface area contributed by atoms with Gasteiger partial charge in [-0.15, -0.1) is 0 Å². The van der Waals surface area contributed by atoms with Gasteiger partial charge in [0.2, 0.25) is 5.95 Å². The lowest BCUT2D eigenvalue weighted by molar-refractivity contribution is 0.0855. The number of nitrogens with zero attached hydrogens (tertiary/aromatic N) is 3. The Morgan fingerprint density at radius 3 is 2.79 bits per heavy atom. The monoisotopic (exact) mass is 619 g/mol. The topological polar surface area (TPSA) is 161 Å². The Morgan fingerprint density at radius 1 is 1.21 bits per heavy atom. The Kier molecular flexibility index (Phi) is 9.31. The summed E-state index contributed by atoms with van der Waals surface area (Å²) in [6.07, 6.45) is 1.03. The van der Waals surface area contributed by atoms with Crippen LogP contribution < -0.4 is 16.0 Å². The Labute approximate surface area is 232 Å². The summed E-state index contributed by atoms with van der Waals surface area (Å²) in [4.78, 5) is 35.3. The molecule has 0 aliphatic rings. The molecule has 0 bridgehead atoms. The molecule has 14 heteroatoms. The molecule has 2 aromatic heterocycles. The fraction of sp³-hybridized carbons (Fsp3) is 0.280. The number of benzene rings is 2. The van der Waals surface area contributed by atoms with Crippen molar-refractivity contribution >= 4 is 46.4 Å². The third-order valence-electron chi connectivity index (χ3n) is 5.66. The summed E-state index contributed by atoms with van der Waals surface area (Å²) in [7, 11) is -2.36. The van der Waals surface area contributed by atoms with Crippen molar-refractivity contribution in [3.05, 3.63) is 80.3 Å². The molecule has 2 aromatic carbocycles. The first-order valence-electron chi connectivity index (χ1n) is 11.8. The minimum Gasteiger partial charge on any atom is -0.496 e. The molecule has 0 aliphatic carbocycles. The van der Waals surface area contributed by atoms with Crippen molar-refractivity contribution < 1.29 is 27.9 Å². The molecule has 4 rings (SSSR count). The van der Waals surface area contributed by atoms with Crippen molar-refractivity contribution in [2.24, 2.45) is 0 Å². The number of nitrogen functional groups attached to an aromatic ring is 1. The fourth-order valence-corrected chi connectivity index (χ4v) is 5.30. The van der Waals surface area contributed by atoms with Gasteiger partial charge in [-0.05, 0) is 36.2 Å². The number of hydrogen-bond acceptors (Lipinski definition) is 10. The molecule has 0 radical (unpaired) electrons. The van der Waals surface area contributed by atoms with Crippen molar-refractivity contribution in [2.45, 2.75) is 20.1 Å². The van der Waals surface area contributed by atoms with Crippen molar-refractivity contribution in [3.63, 3.8) is 0 Å². The highest BCUT2D eigenvalue weighted by Crippen LogP contribution is 2.49.